The lowest BCUT2D eigenvalue weighted by molar-refractivity contribution is 0.156. The lowest BCUT2D eigenvalue weighted by Gasteiger charge is -2.19. The molecule has 0 aliphatic heterocycles. The van der Waals surface area contributed by atoms with E-state index in [2.05, 4.69) is 15.3 Å². The summed E-state index contributed by atoms with van der Waals surface area (Å²) in [4.78, 5) is 9.38. The molecule has 0 aromatic carbocycles. The van der Waals surface area contributed by atoms with E-state index in [1.165, 1.54) is 18.1 Å². The molecule has 0 saturated heterocycles. The normalized spacial score (nSPS) is 10.7. The largest absolute Gasteiger partial charge is 0.354 e. The molecule has 1 N–H and O–H groups in total. The van der Waals surface area contributed by atoms with Crippen molar-refractivity contribution in [2.24, 2.45) is 0 Å². The van der Waals surface area contributed by atoms with E-state index in [9.17, 15) is 8.78 Å². The summed E-state index contributed by atoms with van der Waals surface area (Å²) in [6, 6.07) is 0. The molecule has 0 radical (unpaired) electrons. The number of hydrogen-bond acceptors (Lipinski definition) is 4. The van der Waals surface area contributed by atoms with Gasteiger partial charge in [0.2, 0.25) is 5.95 Å². The number of aromatic nitrogens is 2. The monoisotopic (exact) mass is 264 g/mol. The van der Waals surface area contributed by atoms with Gasteiger partial charge in [-0.15, -0.1) is 0 Å². The average Bonchev–Trinajstić information content (AvgIpc) is 2.27. The molecule has 0 saturated carbocycles. The van der Waals surface area contributed by atoms with Crippen molar-refractivity contribution in [2.75, 3.05) is 30.4 Å². The SMILES string of the molecule is CCCNc1ncc(Cl)c(N(C)CC(F)F)n1. The van der Waals surface area contributed by atoms with Gasteiger partial charge in [-0.05, 0) is 6.42 Å². The quantitative estimate of drug-likeness (QED) is 0.858. The summed E-state index contributed by atoms with van der Waals surface area (Å²) in [5.74, 6) is 0.702. The first-order chi connectivity index (χ1) is 8.04. The molecule has 0 bridgehead atoms. The third-order valence-corrected chi connectivity index (χ3v) is 2.30. The summed E-state index contributed by atoms with van der Waals surface area (Å²) in [6.07, 6.45) is -0.101. The van der Waals surface area contributed by atoms with Crippen LogP contribution in [0.2, 0.25) is 5.02 Å². The van der Waals surface area contributed by atoms with Gasteiger partial charge >= 0.3 is 0 Å². The molecule has 17 heavy (non-hydrogen) atoms. The molecule has 0 aliphatic carbocycles. The van der Waals surface area contributed by atoms with Crippen molar-refractivity contribution < 1.29 is 8.78 Å². The fraction of sp³-hybridized carbons (Fsp3) is 0.600. The van der Waals surface area contributed by atoms with E-state index in [1.807, 2.05) is 6.92 Å². The number of hydrogen-bond donors (Lipinski definition) is 1. The second kappa shape index (κ2) is 6.54. The fourth-order valence-corrected chi connectivity index (χ4v) is 1.48. The van der Waals surface area contributed by atoms with Gasteiger partial charge in [0, 0.05) is 13.6 Å². The third kappa shape index (κ3) is 4.30. The van der Waals surface area contributed by atoms with Crippen LogP contribution in [0.3, 0.4) is 0 Å². The Hall–Kier alpha value is -1.17. The lowest BCUT2D eigenvalue weighted by Crippen LogP contribution is -2.25. The first-order valence-corrected chi connectivity index (χ1v) is 5.68. The summed E-state index contributed by atoms with van der Waals surface area (Å²) in [7, 11) is 1.52. The maximum atomic E-state index is 12.3. The zero-order valence-electron chi connectivity index (χ0n) is 9.75. The molecular formula is C10H15ClF2N4. The summed E-state index contributed by atoms with van der Waals surface area (Å²) in [5.41, 5.74) is 0. The number of rotatable bonds is 6. The van der Waals surface area contributed by atoms with Crippen molar-refractivity contribution in [2.45, 2.75) is 19.8 Å². The van der Waals surface area contributed by atoms with Crippen molar-refractivity contribution in [3.8, 4) is 0 Å². The van der Waals surface area contributed by atoms with Crippen molar-refractivity contribution >= 4 is 23.4 Å². The molecular weight excluding hydrogens is 250 g/mol. The maximum absolute atomic E-state index is 12.3. The zero-order chi connectivity index (χ0) is 12.8. The highest BCUT2D eigenvalue weighted by Gasteiger charge is 2.14. The number of nitrogens with one attached hydrogen (secondary N) is 1. The molecule has 0 spiro atoms. The molecule has 0 fully saturated rings. The van der Waals surface area contributed by atoms with Crippen LogP contribution in [0.25, 0.3) is 0 Å². The predicted molar refractivity (Wildman–Crippen MR) is 65.1 cm³/mol. The molecule has 0 amide bonds. The van der Waals surface area contributed by atoms with Crippen LogP contribution in [-0.2, 0) is 0 Å². The standard InChI is InChI=1S/C10H15ClF2N4/c1-3-4-14-10-15-5-7(11)9(16-10)17(2)6-8(12)13/h5,8H,3-4,6H2,1-2H3,(H,14,15,16). The summed E-state index contributed by atoms with van der Waals surface area (Å²) >= 11 is 5.87. The Morgan fingerprint density at radius 1 is 1.53 bits per heavy atom. The minimum absolute atomic E-state index is 0.259. The molecule has 0 aliphatic rings. The molecule has 4 nitrogen and oxygen atoms in total. The van der Waals surface area contributed by atoms with E-state index in [0.29, 0.717) is 11.8 Å². The van der Waals surface area contributed by atoms with Gasteiger partial charge in [-0.25, -0.2) is 13.8 Å². The molecule has 1 aromatic heterocycles. The second-order valence-corrected chi connectivity index (χ2v) is 3.97. The predicted octanol–water partition coefficient (Wildman–Crippen LogP) is 2.65. The van der Waals surface area contributed by atoms with Crippen LogP contribution in [-0.4, -0.2) is 36.5 Å². The van der Waals surface area contributed by atoms with E-state index >= 15 is 0 Å². The molecule has 1 rings (SSSR count). The Morgan fingerprint density at radius 3 is 2.82 bits per heavy atom. The number of halogens is 3. The molecule has 0 unspecified atom stereocenters. The van der Waals surface area contributed by atoms with Crippen molar-refractivity contribution in [1.82, 2.24) is 9.97 Å². The van der Waals surface area contributed by atoms with Crippen molar-refractivity contribution in [1.29, 1.82) is 0 Å². The minimum Gasteiger partial charge on any atom is -0.354 e. The van der Waals surface area contributed by atoms with Crippen LogP contribution in [0.15, 0.2) is 6.20 Å². The minimum atomic E-state index is -2.43. The Bertz CT molecular complexity index is 362. The smallest absolute Gasteiger partial charge is 0.255 e. The van der Waals surface area contributed by atoms with Crippen LogP contribution in [0.4, 0.5) is 20.5 Å². The number of anilines is 2. The fourth-order valence-electron chi connectivity index (χ4n) is 1.24. The summed E-state index contributed by atoms with van der Waals surface area (Å²) < 4.78 is 24.5. The molecule has 96 valence electrons. The van der Waals surface area contributed by atoms with Gasteiger partial charge in [0.25, 0.3) is 6.43 Å². The molecule has 1 heterocycles. The van der Waals surface area contributed by atoms with E-state index in [4.69, 9.17) is 11.6 Å². The highest BCUT2D eigenvalue weighted by molar-refractivity contribution is 6.32. The Balaban J connectivity index is 2.81. The Morgan fingerprint density at radius 2 is 2.24 bits per heavy atom. The second-order valence-electron chi connectivity index (χ2n) is 3.56. The number of nitrogens with zero attached hydrogens (tertiary/aromatic N) is 3. The van der Waals surface area contributed by atoms with Gasteiger partial charge in [0.15, 0.2) is 5.82 Å². The lowest BCUT2D eigenvalue weighted by atomic mass is 10.4. The topological polar surface area (TPSA) is 41.1 Å². The Labute approximate surface area is 104 Å². The molecule has 0 atom stereocenters. The summed E-state index contributed by atoms with van der Waals surface area (Å²) in [6.45, 7) is 2.32. The van der Waals surface area contributed by atoms with Crippen molar-refractivity contribution in [3.05, 3.63) is 11.2 Å². The van der Waals surface area contributed by atoms with E-state index in [1.54, 1.807) is 0 Å². The zero-order valence-corrected chi connectivity index (χ0v) is 10.5. The third-order valence-electron chi connectivity index (χ3n) is 2.03. The number of alkyl halides is 2. The van der Waals surface area contributed by atoms with Crippen molar-refractivity contribution in [3.63, 3.8) is 0 Å². The van der Waals surface area contributed by atoms with E-state index < -0.39 is 13.0 Å². The van der Waals surface area contributed by atoms with E-state index in [-0.39, 0.29) is 5.02 Å². The maximum Gasteiger partial charge on any atom is 0.255 e. The van der Waals surface area contributed by atoms with Gasteiger partial charge in [0.1, 0.15) is 5.02 Å². The van der Waals surface area contributed by atoms with Gasteiger partial charge in [0.05, 0.1) is 12.7 Å². The van der Waals surface area contributed by atoms with Crippen LogP contribution >= 0.6 is 11.6 Å². The van der Waals surface area contributed by atoms with E-state index in [0.717, 1.165) is 13.0 Å². The first kappa shape index (κ1) is 13.9. The first-order valence-electron chi connectivity index (χ1n) is 5.30. The van der Waals surface area contributed by atoms with Crippen LogP contribution in [0.1, 0.15) is 13.3 Å². The van der Waals surface area contributed by atoms with Crippen LogP contribution in [0, 0.1) is 0 Å². The van der Waals surface area contributed by atoms with Gasteiger partial charge in [-0.2, -0.15) is 4.98 Å². The molecule has 1 aromatic rings. The highest BCUT2D eigenvalue weighted by atomic mass is 35.5. The van der Waals surface area contributed by atoms with Crippen LogP contribution in [0.5, 0.6) is 0 Å². The van der Waals surface area contributed by atoms with Gasteiger partial charge in [-0.3, -0.25) is 0 Å². The summed E-state index contributed by atoms with van der Waals surface area (Å²) in [5, 5.41) is 3.23. The van der Waals surface area contributed by atoms with Crippen LogP contribution < -0.4 is 10.2 Å². The Kier molecular flexibility index (Phi) is 5.34. The molecule has 7 heteroatoms. The van der Waals surface area contributed by atoms with Gasteiger partial charge < -0.3 is 10.2 Å². The average molecular weight is 265 g/mol. The highest BCUT2D eigenvalue weighted by Crippen LogP contribution is 2.23. The van der Waals surface area contributed by atoms with Gasteiger partial charge in [-0.1, -0.05) is 18.5 Å².